The Labute approximate surface area is 141 Å². The van der Waals surface area contributed by atoms with Crippen molar-refractivity contribution in [2.75, 3.05) is 13.1 Å². The molecule has 1 aliphatic rings. The van der Waals surface area contributed by atoms with Crippen molar-refractivity contribution in [2.45, 2.75) is 24.7 Å². The smallest absolute Gasteiger partial charge is 0.226 e. The van der Waals surface area contributed by atoms with Crippen LogP contribution in [0.5, 0.6) is 0 Å². The lowest BCUT2D eigenvalue weighted by Crippen LogP contribution is -2.45. The van der Waals surface area contributed by atoms with Crippen molar-refractivity contribution in [1.29, 1.82) is 5.26 Å². The van der Waals surface area contributed by atoms with Gasteiger partial charge < -0.3 is 4.90 Å². The number of rotatable bonds is 3. The highest BCUT2D eigenvalue weighted by Gasteiger charge is 2.37. The fraction of sp³-hybridized carbons (Fsp3) is 0.300. The first-order valence-electron chi connectivity index (χ1n) is 8.12. The van der Waals surface area contributed by atoms with Gasteiger partial charge in [-0.05, 0) is 36.1 Å². The average Bonchev–Trinajstić information content (AvgIpc) is 2.64. The number of benzene rings is 2. The largest absolute Gasteiger partial charge is 0.342 e. The van der Waals surface area contributed by atoms with Crippen LogP contribution < -0.4 is 0 Å². The topological polar surface area (TPSA) is 44.1 Å². The zero-order chi connectivity index (χ0) is 17.0. The van der Waals surface area contributed by atoms with E-state index in [-0.39, 0.29) is 18.1 Å². The fourth-order valence-corrected chi connectivity index (χ4v) is 3.25. The summed E-state index contributed by atoms with van der Waals surface area (Å²) in [7, 11) is 0. The molecule has 3 nitrogen and oxygen atoms in total. The monoisotopic (exact) mass is 322 g/mol. The van der Waals surface area contributed by atoms with Crippen LogP contribution in [0.25, 0.3) is 0 Å². The van der Waals surface area contributed by atoms with E-state index in [1.807, 2.05) is 35.2 Å². The highest BCUT2D eigenvalue weighted by Crippen LogP contribution is 2.35. The maximum absolute atomic E-state index is 12.9. The Hall–Kier alpha value is -2.67. The van der Waals surface area contributed by atoms with Gasteiger partial charge in [0.05, 0.1) is 17.9 Å². The molecule has 1 amide bonds. The van der Waals surface area contributed by atoms with Crippen molar-refractivity contribution in [3.63, 3.8) is 0 Å². The van der Waals surface area contributed by atoms with Gasteiger partial charge in [-0.2, -0.15) is 5.26 Å². The Morgan fingerprint density at radius 3 is 2.29 bits per heavy atom. The van der Waals surface area contributed by atoms with Crippen molar-refractivity contribution < 1.29 is 9.18 Å². The number of piperidine rings is 1. The Morgan fingerprint density at radius 1 is 1.08 bits per heavy atom. The van der Waals surface area contributed by atoms with E-state index in [4.69, 9.17) is 0 Å². The van der Waals surface area contributed by atoms with Crippen LogP contribution in [0.1, 0.15) is 24.0 Å². The Kier molecular flexibility index (Phi) is 4.61. The van der Waals surface area contributed by atoms with E-state index in [9.17, 15) is 14.4 Å². The normalized spacial score (nSPS) is 16.4. The number of likely N-dealkylation sites (tertiary alicyclic amines) is 1. The fourth-order valence-electron chi connectivity index (χ4n) is 3.25. The minimum atomic E-state index is -0.506. The molecular formula is C20H19FN2O. The molecule has 24 heavy (non-hydrogen) atoms. The van der Waals surface area contributed by atoms with Crippen molar-refractivity contribution in [1.82, 2.24) is 4.90 Å². The predicted octanol–water partition coefficient (Wildman–Crippen LogP) is 3.45. The minimum Gasteiger partial charge on any atom is -0.342 e. The molecule has 0 N–H and O–H groups in total. The Bertz CT molecular complexity index is 741. The number of amides is 1. The lowest BCUT2D eigenvalue weighted by Gasteiger charge is -2.37. The molecular weight excluding hydrogens is 303 g/mol. The molecule has 0 radical (unpaired) electrons. The van der Waals surface area contributed by atoms with Crippen LogP contribution in [0, 0.1) is 17.1 Å². The van der Waals surface area contributed by atoms with Gasteiger partial charge in [0.2, 0.25) is 5.91 Å². The summed E-state index contributed by atoms with van der Waals surface area (Å²) >= 11 is 0. The third-order valence-electron chi connectivity index (χ3n) is 4.78. The maximum Gasteiger partial charge on any atom is 0.226 e. The quantitative estimate of drug-likeness (QED) is 0.869. The molecule has 2 aromatic rings. The van der Waals surface area contributed by atoms with Crippen LogP contribution in [-0.2, 0) is 16.6 Å². The third-order valence-corrected chi connectivity index (χ3v) is 4.78. The van der Waals surface area contributed by atoms with E-state index >= 15 is 0 Å². The summed E-state index contributed by atoms with van der Waals surface area (Å²) in [5.41, 5.74) is 1.33. The number of carbonyl (C=O) groups is 1. The van der Waals surface area contributed by atoms with Crippen molar-refractivity contribution in [2.24, 2.45) is 0 Å². The number of carbonyl (C=O) groups excluding carboxylic acids is 1. The average molecular weight is 322 g/mol. The second-order valence-electron chi connectivity index (χ2n) is 6.24. The van der Waals surface area contributed by atoms with E-state index in [0.717, 1.165) is 11.1 Å². The van der Waals surface area contributed by atoms with Crippen LogP contribution in [0.3, 0.4) is 0 Å². The van der Waals surface area contributed by atoms with Crippen molar-refractivity contribution >= 4 is 5.91 Å². The first-order valence-corrected chi connectivity index (χ1v) is 8.12. The summed E-state index contributed by atoms with van der Waals surface area (Å²) in [5, 5.41) is 9.69. The summed E-state index contributed by atoms with van der Waals surface area (Å²) in [6.07, 6.45) is 1.55. The summed E-state index contributed by atoms with van der Waals surface area (Å²) in [4.78, 5) is 14.2. The van der Waals surface area contributed by atoms with Crippen LogP contribution in [-0.4, -0.2) is 23.9 Å². The van der Waals surface area contributed by atoms with Crippen molar-refractivity contribution in [3.05, 3.63) is 71.5 Å². The van der Waals surface area contributed by atoms with Gasteiger partial charge in [-0.3, -0.25) is 4.79 Å². The van der Waals surface area contributed by atoms with Crippen LogP contribution >= 0.6 is 0 Å². The molecule has 0 saturated carbocycles. The molecule has 0 aromatic heterocycles. The molecule has 122 valence electrons. The molecule has 0 unspecified atom stereocenters. The van der Waals surface area contributed by atoms with Gasteiger partial charge in [0.25, 0.3) is 0 Å². The summed E-state index contributed by atoms with van der Waals surface area (Å²) in [5.74, 6) is -0.271. The molecule has 1 fully saturated rings. The SMILES string of the molecule is N#CC1(c2ccccc2)CCN(C(=O)Cc2ccc(F)cc2)CC1. The van der Waals surface area contributed by atoms with Crippen LogP contribution in [0.4, 0.5) is 4.39 Å². The Morgan fingerprint density at radius 2 is 1.71 bits per heavy atom. The van der Waals surface area contributed by atoms with Crippen molar-refractivity contribution in [3.8, 4) is 6.07 Å². The summed E-state index contributed by atoms with van der Waals surface area (Å²) in [6.45, 7) is 1.14. The molecule has 0 atom stereocenters. The highest BCUT2D eigenvalue weighted by molar-refractivity contribution is 5.79. The van der Waals surface area contributed by atoms with Gasteiger partial charge in [-0.1, -0.05) is 42.5 Å². The van der Waals surface area contributed by atoms with Gasteiger partial charge in [0, 0.05) is 13.1 Å². The minimum absolute atomic E-state index is 0.0289. The zero-order valence-electron chi connectivity index (χ0n) is 13.4. The molecule has 0 aliphatic carbocycles. The number of halogens is 1. The lowest BCUT2D eigenvalue weighted by atomic mass is 9.74. The number of hydrogen-bond donors (Lipinski definition) is 0. The highest BCUT2D eigenvalue weighted by atomic mass is 19.1. The standard InChI is InChI=1S/C20H19FN2O/c21-18-8-6-16(7-9-18)14-19(24)23-12-10-20(15-22,11-13-23)17-4-2-1-3-5-17/h1-9H,10-14H2. The lowest BCUT2D eigenvalue weighted by molar-refractivity contribution is -0.131. The predicted molar refractivity (Wildman–Crippen MR) is 89.7 cm³/mol. The van der Waals surface area contributed by atoms with Gasteiger partial charge in [-0.15, -0.1) is 0 Å². The number of hydrogen-bond acceptors (Lipinski definition) is 2. The van der Waals surface area contributed by atoms with Crippen LogP contribution in [0.2, 0.25) is 0 Å². The second kappa shape index (κ2) is 6.84. The number of nitrogens with zero attached hydrogens (tertiary/aromatic N) is 2. The summed E-state index contributed by atoms with van der Waals surface area (Å²) in [6, 6.07) is 18.3. The van der Waals surface area contributed by atoms with E-state index in [2.05, 4.69) is 6.07 Å². The van der Waals surface area contributed by atoms with Gasteiger partial charge in [0.1, 0.15) is 5.82 Å². The van der Waals surface area contributed by atoms with Gasteiger partial charge >= 0.3 is 0 Å². The third kappa shape index (κ3) is 3.30. The summed E-state index contributed by atoms with van der Waals surface area (Å²) < 4.78 is 12.9. The van der Waals surface area contributed by atoms with E-state index in [1.54, 1.807) is 12.1 Å². The van der Waals surface area contributed by atoms with Gasteiger partial charge in [0.15, 0.2) is 0 Å². The molecule has 1 aliphatic heterocycles. The number of nitriles is 1. The molecule has 3 rings (SSSR count). The van der Waals surface area contributed by atoms with E-state index < -0.39 is 5.41 Å². The second-order valence-corrected chi connectivity index (χ2v) is 6.24. The molecule has 0 spiro atoms. The first-order chi connectivity index (χ1) is 11.6. The Balaban J connectivity index is 1.65. The van der Waals surface area contributed by atoms with Gasteiger partial charge in [-0.25, -0.2) is 4.39 Å². The van der Waals surface area contributed by atoms with E-state index in [0.29, 0.717) is 25.9 Å². The molecule has 0 bridgehead atoms. The maximum atomic E-state index is 12.9. The zero-order valence-corrected chi connectivity index (χ0v) is 13.4. The van der Waals surface area contributed by atoms with Crippen LogP contribution in [0.15, 0.2) is 54.6 Å². The molecule has 1 saturated heterocycles. The molecule has 1 heterocycles. The molecule has 2 aromatic carbocycles. The molecule has 4 heteroatoms. The first kappa shape index (κ1) is 16.2. The van der Waals surface area contributed by atoms with E-state index in [1.165, 1.54) is 12.1 Å².